The van der Waals surface area contributed by atoms with Crippen molar-refractivity contribution in [2.24, 2.45) is 7.05 Å². The first-order valence-electron chi connectivity index (χ1n) is 8.98. The smallest absolute Gasteiger partial charge is 0.246 e. The van der Waals surface area contributed by atoms with Crippen LogP contribution in [0.1, 0.15) is 30.9 Å². The van der Waals surface area contributed by atoms with E-state index in [1.54, 1.807) is 49.4 Å². The van der Waals surface area contributed by atoms with Crippen LogP contribution in [-0.2, 0) is 21.9 Å². The number of piperidine rings is 1. The van der Waals surface area contributed by atoms with Crippen LogP contribution in [0.3, 0.4) is 0 Å². The number of amides is 1. The Morgan fingerprint density at radius 2 is 1.96 bits per heavy atom. The Morgan fingerprint density at radius 3 is 2.59 bits per heavy atom. The molecule has 1 aromatic heterocycles. The fraction of sp³-hybridized carbons (Fsp3) is 0.444. The molecule has 1 unspecified atom stereocenters. The number of nitrogens with zero attached hydrogens (tertiary/aromatic N) is 3. The van der Waals surface area contributed by atoms with Crippen LogP contribution in [0.5, 0.6) is 0 Å². The molecule has 1 aliphatic rings. The average molecular weight is 391 g/mol. The molecule has 2 N–H and O–H groups in total. The van der Waals surface area contributed by atoms with Crippen LogP contribution in [0, 0.1) is 0 Å². The molecule has 0 saturated carbocycles. The summed E-state index contributed by atoms with van der Waals surface area (Å²) in [6.07, 6.45) is 6.20. The number of likely N-dealkylation sites (N-methyl/N-ethyl adjacent to an activating group) is 1. The van der Waals surface area contributed by atoms with Crippen LogP contribution >= 0.6 is 0 Å². The maximum absolute atomic E-state index is 12.8. The van der Waals surface area contributed by atoms with E-state index in [4.69, 9.17) is 0 Å². The average Bonchev–Trinajstić information content (AvgIpc) is 3.09. The number of aromatic nitrogens is 2. The lowest BCUT2D eigenvalue weighted by molar-refractivity contribution is -0.118. The number of anilines is 1. The van der Waals surface area contributed by atoms with Gasteiger partial charge in [-0.05, 0) is 38.1 Å². The normalized spacial score (nSPS) is 16.8. The van der Waals surface area contributed by atoms with Crippen molar-refractivity contribution in [1.82, 2.24) is 19.4 Å². The van der Waals surface area contributed by atoms with Gasteiger partial charge in [0.25, 0.3) is 0 Å². The number of carbonyl (C=O) groups is 1. The van der Waals surface area contributed by atoms with E-state index in [-0.39, 0.29) is 10.8 Å². The number of aryl methyl sites for hydroxylation is 1. The molecule has 1 aliphatic heterocycles. The summed E-state index contributed by atoms with van der Waals surface area (Å²) in [5.74, 6) is -0.280. The van der Waals surface area contributed by atoms with Gasteiger partial charge in [0.05, 0.1) is 11.1 Å². The fourth-order valence-electron chi connectivity index (χ4n) is 3.24. The number of benzene rings is 1. The predicted molar refractivity (Wildman–Crippen MR) is 103 cm³/mol. The van der Waals surface area contributed by atoms with Crippen LogP contribution in [0.2, 0.25) is 0 Å². The van der Waals surface area contributed by atoms with E-state index < -0.39 is 16.1 Å². The Balaban J connectivity index is 1.78. The van der Waals surface area contributed by atoms with E-state index >= 15 is 0 Å². The molecule has 8 nitrogen and oxygen atoms in total. The lowest BCUT2D eigenvalue weighted by atomic mass is 10.1. The molecule has 0 spiro atoms. The minimum absolute atomic E-state index is 0.199. The number of rotatable bonds is 6. The Kier molecular flexibility index (Phi) is 5.93. The first-order valence-corrected chi connectivity index (χ1v) is 10.4. The molecule has 1 atom stereocenters. The molecule has 2 aromatic rings. The van der Waals surface area contributed by atoms with E-state index in [0.29, 0.717) is 18.8 Å². The Bertz CT molecular complexity index is 903. The molecule has 1 fully saturated rings. The van der Waals surface area contributed by atoms with E-state index in [9.17, 15) is 13.2 Å². The minimum atomic E-state index is -3.54. The molecule has 0 aliphatic carbocycles. The lowest BCUT2D eigenvalue weighted by Crippen LogP contribution is -2.35. The summed E-state index contributed by atoms with van der Waals surface area (Å²) in [6, 6.07) is 5.82. The van der Waals surface area contributed by atoms with Crippen LogP contribution in [0.15, 0.2) is 41.6 Å². The summed E-state index contributed by atoms with van der Waals surface area (Å²) in [5.41, 5.74) is 1.18. The largest absolute Gasteiger partial charge is 0.324 e. The zero-order valence-corrected chi connectivity index (χ0v) is 16.4. The summed E-state index contributed by atoms with van der Waals surface area (Å²) in [4.78, 5) is 12.8. The highest BCUT2D eigenvalue weighted by Gasteiger charge is 2.26. The molecule has 1 saturated heterocycles. The SMILES string of the molecule is CNC(C(=O)Nc1cccc(S(=O)(=O)N2CCCCC2)c1)c1cnn(C)c1. The fourth-order valence-corrected chi connectivity index (χ4v) is 4.80. The second-order valence-electron chi connectivity index (χ2n) is 6.65. The van der Waals surface area contributed by atoms with E-state index in [0.717, 1.165) is 24.8 Å². The first-order chi connectivity index (χ1) is 12.9. The lowest BCUT2D eigenvalue weighted by Gasteiger charge is -2.26. The number of hydrogen-bond acceptors (Lipinski definition) is 5. The minimum Gasteiger partial charge on any atom is -0.324 e. The van der Waals surface area contributed by atoms with Gasteiger partial charge in [0, 0.05) is 37.6 Å². The van der Waals surface area contributed by atoms with Crippen molar-refractivity contribution in [1.29, 1.82) is 0 Å². The topological polar surface area (TPSA) is 96.3 Å². The highest BCUT2D eigenvalue weighted by Crippen LogP contribution is 2.23. The van der Waals surface area contributed by atoms with Gasteiger partial charge in [-0.2, -0.15) is 9.40 Å². The molecule has 0 radical (unpaired) electrons. The highest BCUT2D eigenvalue weighted by molar-refractivity contribution is 7.89. The van der Waals surface area contributed by atoms with Gasteiger partial charge in [-0.1, -0.05) is 12.5 Å². The van der Waals surface area contributed by atoms with Gasteiger partial charge in [0.15, 0.2) is 0 Å². The van der Waals surface area contributed by atoms with Crippen molar-refractivity contribution in [2.45, 2.75) is 30.2 Å². The summed E-state index contributed by atoms with van der Waals surface area (Å²) < 4.78 is 28.8. The van der Waals surface area contributed by atoms with Crippen molar-refractivity contribution in [3.05, 3.63) is 42.2 Å². The van der Waals surface area contributed by atoms with E-state index in [2.05, 4.69) is 15.7 Å². The molecule has 1 aromatic carbocycles. The maximum Gasteiger partial charge on any atom is 0.246 e. The molecule has 3 rings (SSSR count). The van der Waals surface area contributed by atoms with Crippen molar-refractivity contribution in [2.75, 3.05) is 25.5 Å². The second kappa shape index (κ2) is 8.20. The highest BCUT2D eigenvalue weighted by atomic mass is 32.2. The zero-order chi connectivity index (χ0) is 19.4. The standard InChI is InChI=1S/C18H25N5O3S/c1-19-17(14-12-20-22(2)13-14)18(24)21-15-7-6-8-16(11-15)27(25,26)23-9-4-3-5-10-23/h6-8,11-13,17,19H,3-5,9-10H2,1-2H3,(H,21,24). The molecule has 0 bridgehead atoms. The maximum atomic E-state index is 12.8. The quantitative estimate of drug-likeness (QED) is 0.778. The third-order valence-corrected chi connectivity index (χ3v) is 6.56. The van der Waals surface area contributed by atoms with Crippen molar-refractivity contribution < 1.29 is 13.2 Å². The Hall–Kier alpha value is -2.23. The molecule has 146 valence electrons. The van der Waals surface area contributed by atoms with Crippen LogP contribution in [0.25, 0.3) is 0 Å². The molecule has 2 heterocycles. The van der Waals surface area contributed by atoms with Gasteiger partial charge in [-0.15, -0.1) is 0 Å². The third-order valence-electron chi connectivity index (χ3n) is 4.66. The molecule has 1 amide bonds. The number of sulfonamides is 1. The van der Waals surface area contributed by atoms with Crippen LogP contribution in [-0.4, -0.2) is 48.5 Å². The summed E-state index contributed by atoms with van der Waals surface area (Å²) in [6.45, 7) is 1.09. The van der Waals surface area contributed by atoms with Gasteiger partial charge >= 0.3 is 0 Å². The van der Waals surface area contributed by atoms with Gasteiger partial charge in [-0.3, -0.25) is 9.48 Å². The van der Waals surface area contributed by atoms with E-state index in [1.165, 1.54) is 10.4 Å². The van der Waals surface area contributed by atoms with Crippen molar-refractivity contribution in [3.63, 3.8) is 0 Å². The predicted octanol–water partition coefficient (Wildman–Crippen LogP) is 1.49. The summed E-state index contributed by atoms with van der Waals surface area (Å²) in [5, 5.41) is 9.84. The third kappa shape index (κ3) is 4.37. The van der Waals surface area contributed by atoms with Crippen LogP contribution < -0.4 is 10.6 Å². The monoisotopic (exact) mass is 391 g/mol. The van der Waals surface area contributed by atoms with Gasteiger partial charge < -0.3 is 10.6 Å². The van der Waals surface area contributed by atoms with Gasteiger partial charge in [-0.25, -0.2) is 8.42 Å². The number of nitrogens with one attached hydrogen (secondary N) is 2. The summed E-state index contributed by atoms with van der Waals surface area (Å²) in [7, 11) is -0.0721. The Morgan fingerprint density at radius 1 is 1.22 bits per heavy atom. The molecular weight excluding hydrogens is 366 g/mol. The van der Waals surface area contributed by atoms with Crippen molar-refractivity contribution >= 4 is 21.6 Å². The van der Waals surface area contributed by atoms with Gasteiger partial charge in [0.2, 0.25) is 15.9 Å². The van der Waals surface area contributed by atoms with Gasteiger partial charge in [0.1, 0.15) is 6.04 Å². The molecule has 27 heavy (non-hydrogen) atoms. The molecular formula is C18H25N5O3S. The van der Waals surface area contributed by atoms with E-state index in [1.807, 2.05) is 0 Å². The number of carbonyl (C=O) groups excluding carboxylic acids is 1. The molecule has 9 heteroatoms. The number of hydrogen-bond donors (Lipinski definition) is 2. The second-order valence-corrected chi connectivity index (χ2v) is 8.59. The van der Waals surface area contributed by atoms with Crippen LogP contribution in [0.4, 0.5) is 5.69 Å². The first kappa shape index (κ1) is 19.5. The Labute approximate surface area is 159 Å². The summed E-state index contributed by atoms with van der Waals surface area (Å²) >= 11 is 0. The van der Waals surface area contributed by atoms with Crippen molar-refractivity contribution in [3.8, 4) is 0 Å². The zero-order valence-electron chi connectivity index (χ0n) is 15.6.